The Kier molecular flexibility index (Phi) is 7.01. The first-order valence-electron chi connectivity index (χ1n) is 8.30. The standard InChI is InChI=1S/C17H25N3O5S/c1-14(18)13-17(21)25-12-11-19-7-9-20(10-8-19)26(22,23)16-5-3-15(24-2)4-6-16/h3-6,13H,7-12,18H2,1-2H3. The number of benzene rings is 1. The highest BCUT2D eigenvalue weighted by Crippen LogP contribution is 2.20. The Morgan fingerprint density at radius 2 is 1.81 bits per heavy atom. The van der Waals surface area contributed by atoms with Gasteiger partial charge < -0.3 is 15.2 Å². The first-order valence-corrected chi connectivity index (χ1v) is 9.74. The zero-order valence-corrected chi connectivity index (χ0v) is 15.9. The SMILES string of the molecule is COc1ccc(S(=O)(=O)N2CCN(CCOC(=O)C=C(C)N)CC2)cc1. The van der Waals surface area contributed by atoms with Crippen molar-refractivity contribution in [2.45, 2.75) is 11.8 Å². The average molecular weight is 383 g/mol. The van der Waals surface area contributed by atoms with E-state index in [0.717, 1.165) is 0 Å². The second-order valence-electron chi connectivity index (χ2n) is 5.98. The normalized spacial score (nSPS) is 17.1. The summed E-state index contributed by atoms with van der Waals surface area (Å²) < 4.78 is 36.9. The minimum atomic E-state index is -3.51. The molecule has 26 heavy (non-hydrogen) atoms. The molecule has 1 aromatic carbocycles. The van der Waals surface area contributed by atoms with Crippen LogP contribution in [0.25, 0.3) is 0 Å². The van der Waals surface area contributed by atoms with Gasteiger partial charge in [0.1, 0.15) is 12.4 Å². The van der Waals surface area contributed by atoms with Gasteiger partial charge in [-0.25, -0.2) is 13.2 Å². The van der Waals surface area contributed by atoms with Crippen LogP contribution in [0, 0.1) is 0 Å². The second kappa shape index (κ2) is 9.02. The third-order valence-corrected chi connectivity index (χ3v) is 5.94. The topological polar surface area (TPSA) is 102 Å². The Labute approximate surface area is 154 Å². The number of methoxy groups -OCH3 is 1. The molecule has 0 aromatic heterocycles. The fraction of sp³-hybridized carbons (Fsp3) is 0.471. The molecule has 2 N–H and O–H groups in total. The molecule has 0 bridgehead atoms. The highest BCUT2D eigenvalue weighted by Gasteiger charge is 2.28. The molecule has 0 atom stereocenters. The van der Waals surface area contributed by atoms with Gasteiger partial charge in [0, 0.05) is 44.5 Å². The van der Waals surface area contributed by atoms with Crippen LogP contribution in [0.4, 0.5) is 0 Å². The molecule has 1 aliphatic heterocycles. The summed E-state index contributed by atoms with van der Waals surface area (Å²) in [5.41, 5.74) is 5.80. The van der Waals surface area contributed by atoms with Gasteiger partial charge in [-0.15, -0.1) is 0 Å². The minimum absolute atomic E-state index is 0.244. The van der Waals surface area contributed by atoms with Crippen LogP contribution in [0.2, 0.25) is 0 Å². The molecule has 1 aromatic rings. The quantitative estimate of drug-likeness (QED) is 0.537. The van der Waals surface area contributed by atoms with Crippen LogP contribution in [-0.4, -0.2) is 70.0 Å². The Morgan fingerprint density at radius 1 is 1.19 bits per heavy atom. The fourth-order valence-electron chi connectivity index (χ4n) is 2.59. The fourth-order valence-corrected chi connectivity index (χ4v) is 4.02. The largest absolute Gasteiger partial charge is 0.497 e. The maximum absolute atomic E-state index is 12.7. The third-order valence-electron chi connectivity index (χ3n) is 4.03. The molecular weight excluding hydrogens is 358 g/mol. The van der Waals surface area contributed by atoms with Crippen LogP contribution < -0.4 is 10.5 Å². The lowest BCUT2D eigenvalue weighted by atomic mass is 10.3. The van der Waals surface area contributed by atoms with Gasteiger partial charge in [0.15, 0.2) is 0 Å². The van der Waals surface area contributed by atoms with Crippen LogP contribution >= 0.6 is 0 Å². The first-order chi connectivity index (χ1) is 12.3. The van der Waals surface area contributed by atoms with Gasteiger partial charge >= 0.3 is 5.97 Å². The van der Waals surface area contributed by atoms with E-state index in [1.54, 1.807) is 31.2 Å². The lowest BCUT2D eigenvalue weighted by Gasteiger charge is -2.33. The van der Waals surface area contributed by atoms with E-state index in [-0.39, 0.29) is 11.5 Å². The molecule has 1 heterocycles. The number of carbonyl (C=O) groups is 1. The van der Waals surface area contributed by atoms with Crippen LogP contribution in [0.5, 0.6) is 5.75 Å². The van der Waals surface area contributed by atoms with Gasteiger partial charge in [0.25, 0.3) is 0 Å². The Hall–Kier alpha value is -2.10. The van der Waals surface area contributed by atoms with Gasteiger partial charge in [-0.1, -0.05) is 0 Å². The average Bonchev–Trinajstić information content (AvgIpc) is 2.61. The van der Waals surface area contributed by atoms with Crippen molar-refractivity contribution in [2.24, 2.45) is 5.73 Å². The highest BCUT2D eigenvalue weighted by molar-refractivity contribution is 7.89. The molecule has 1 aliphatic rings. The molecule has 0 radical (unpaired) electrons. The van der Waals surface area contributed by atoms with E-state index in [1.807, 2.05) is 0 Å². The number of sulfonamides is 1. The summed E-state index contributed by atoms with van der Waals surface area (Å²) in [7, 11) is -1.98. The number of hydrogen-bond acceptors (Lipinski definition) is 7. The number of esters is 1. The van der Waals surface area contributed by atoms with Gasteiger partial charge in [-0.2, -0.15) is 4.31 Å². The number of allylic oxidation sites excluding steroid dienone is 1. The van der Waals surface area contributed by atoms with E-state index in [1.165, 1.54) is 17.5 Å². The van der Waals surface area contributed by atoms with Crippen molar-refractivity contribution < 1.29 is 22.7 Å². The van der Waals surface area contributed by atoms with Crippen molar-refractivity contribution in [3.8, 4) is 5.75 Å². The molecule has 1 saturated heterocycles. The molecule has 144 valence electrons. The van der Waals surface area contributed by atoms with Crippen LogP contribution in [0.1, 0.15) is 6.92 Å². The Morgan fingerprint density at radius 3 is 2.35 bits per heavy atom. The number of carbonyl (C=O) groups excluding carboxylic acids is 1. The second-order valence-corrected chi connectivity index (χ2v) is 7.92. The van der Waals surface area contributed by atoms with Crippen molar-refractivity contribution in [3.63, 3.8) is 0 Å². The van der Waals surface area contributed by atoms with Crippen molar-refractivity contribution in [3.05, 3.63) is 36.0 Å². The van der Waals surface area contributed by atoms with E-state index >= 15 is 0 Å². The van der Waals surface area contributed by atoms with Crippen molar-refractivity contribution in [2.75, 3.05) is 46.4 Å². The van der Waals surface area contributed by atoms with Crippen molar-refractivity contribution in [1.82, 2.24) is 9.21 Å². The lowest BCUT2D eigenvalue weighted by molar-refractivity contribution is -0.138. The van der Waals surface area contributed by atoms with Crippen LogP contribution in [0.15, 0.2) is 40.9 Å². The third kappa shape index (κ3) is 5.45. The lowest BCUT2D eigenvalue weighted by Crippen LogP contribution is -2.49. The molecule has 0 amide bonds. The summed E-state index contributed by atoms with van der Waals surface area (Å²) in [6.07, 6.45) is 1.24. The van der Waals surface area contributed by atoms with Gasteiger partial charge in [0.2, 0.25) is 10.0 Å². The van der Waals surface area contributed by atoms with E-state index < -0.39 is 16.0 Å². The summed E-state index contributed by atoms with van der Waals surface area (Å²) in [6.45, 7) is 4.36. The first kappa shape index (κ1) is 20.2. The molecule has 0 aliphatic carbocycles. The maximum atomic E-state index is 12.7. The van der Waals surface area contributed by atoms with E-state index in [9.17, 15) is 13.2 Å². The van der Waals surface area contributed by atoms with Crippen LogP contribution in [-0.2, 0) is 19.6 Å². The number of nitrogens with zero attached hydrogens (tertiary/aromatic N) is 2. The molecule has 9 heteroatoms. The number of ether oxygens (including phenoxy) is 2. The Bertz CT molecular complexity index is 734. The molecule has 0 spiro atoms. The van der Waals surface area contributed by atoms with E-state index in [4.69, 9.17) is 15.2 Å². The van der Waals surface area contributed by atoms with E-state index in [0.29, 0.717) is 44.2 Å². The van der Waals surface area contributed by atoms with Gasteiger partial charge in [-0.05, 0) is 31.2 Å². The number of piperazine rings is 1. The summed E-state index contributed by atoms with van der Waals surface area (Å²) in [5, 5.41) is 0. The predicted octanol–water partition coefficient (Wildman–Crippen LogP) is 0.407. The summed E-state index contributed by atoms with van der Waals surface area (Å²) in [6, 6.07) is 6.36. The monoisotopic (exact) mass is 383 g/mol. The van der Waals surface area contributed by atoms with Crippen molar-refractivity contribution >= 4 is 16.0 Å². The predicted molar refractivity (Wildman–Crippen MR) is 97.1 cm³/mol. The van der Waals surface area contributed by atoms with Crippen molar-refractivity contribution in [1.29, 1.82) is 0 Å². The highest BCUT2D eigenvalue weighted by atomic mass is 32.2. The summed E-state index contributed by atoms with van der Waals surface area (Å²) >= 11 is 0. The zero-order chi connectivity index (χ0) is 19.2. The summed E-state index contributed by atoms with van der Waals surface area (Å²) in [5.74, 6) is 0.147. The van der Waals surface area contributed by atoms with Gasteiger partial charge in [0.05, 0.1) is 12.0 Å². The smallest absolute Gasteiger partial charge is 0.332 e. The zero-order valence-electron chi connectivity index (χ0n) is 15.1. The number of hydrogen-bond donors (Lipinski definition) is 1. The minimum Gasteiger partial charge on any atom is -0.497 e. The summed E-state index contributed by atoms with van der Waals surface area (Å²) in [4.78, 5) is 13.7. The van der Waals surface area contributed by atoms with Gasteiger partial charge in [-0.3, -0.25) is 4.90 Å². The molecule has 0 unspecified atom stereocenters. The number of rotatable bonds is 7. The Balaban J connectivity index is 1.83. The molecule has 0 saturated carbocycles. The molecule has 1 fully saturated rings. The maximum Gasteiger partial charge on any atom is 0.332 e. The number of nitrogens with two attached hydrogens (primary N) is 1. The van der Waals surface area contributed by atoms with E-state index in [2.05, 4.69) is 4.90 Å². The molecule has 8 nitrogen and oxygen atoms in total. The molecular formula is C17H25N3O5S. The van der Waals surface area contributed by atoms with Crippen LogP contribution in [0.3, 0.4) is 0 Å². The molecule has 2 rings (SSSR count).